The number of hydrogen-bond acceptors (Lipinski definition) is 8. The molecule has 0 aromatic heterocycles. The molecule has 3 aliphatic heterocycles. The lowest BCUT2D eigenvalue weighted by atomic mass is 9.99. The molecule has 3 N–H and O–H groups in total. The van der Waals surface area contributed by atoms with Crippen LogP contribution in [0.4, 0.5) is 0 Å². The smallest absolute Gasteiger partial charge is 0.156 e. The summed E-state index contributed by atoms with van der Waals surface area (Å²) in [6.07, 6.45) is 21.8. The largest absolute Gasteiger partial charge is 0.379 e. The molecule has 0 amide bonds. The van der Waals surface area contributed by atoms with Crippen molar-refractivity contribution in [2.45, 2.75) is 132 Å². The molecule has 3 heterocycles. The molecule has 6 fully saturated rings. The van der Waals surface area contributed by atoms with Crippen LogP contribution in [0.25, 0.3) is 0 Å². The van der Waals surface area contributed by atoms with Crippen LogP contribution in [0.15, 0.2) is 4.74 Å². The molecule has 0 aromatic rings. The Balaban J connectivity index is 1.36. The van der Waals surface area contributed by atoms with Crippen LogP contribution in [0, 0.1) is 0 Å². The van der Waals surface area contributed by atoms with E-state index in [1.807, 2.05) is 0 Å². The minimum absolute atomic E-state index is 0.0241. The summed E-state index contributed by atoms with van der Waals surface area (Å²) in [5, 5.41) is 12.0. The molecular formula is C29H55N6O2P. The first-order chi connectivity index (χ1) is 18.8. The Morgan fingerprint density at radius 3 is 1.24 bits per heavy atom. The Morgan fingerprint density at radius 2 is 0.868 bits per heavy atom. The van der Waals surface area contributed by atoms with Crippen LogP contribution in [0.3, 0.4) is 0 Å². The highest BCUT2D eigenvalue weighted by molar-refractivity contribution is 7.68. The van der Waals surface area contributed by atoms with Gasteiger partial charge in [-0.05, 0) is 62.6 Å². The summed E-state index contributed by atoms with van der Waals surface area (Å²) in [5.74, 6) is 0. The number of hydrogen-bond donors (Lipinski definition) is 3. The Bertz CT molecular complexity index is 693. The van der Waals surface area contributed by atoms with Crippen molar-refractivity contribution in [3.63, 3.8) is 0 Å². The van der Waals surface area contributed by atoms with Gasteiger partial charge < -0.3 is 9.47 Å². The van der Waals surface area contributed by atoms with Crippen molar-refractivity contribution in [1.29, 1.82) is 0 Å². The fraction of sp³-hybridized carbons (Fsp3) is 1.00. The summed E-state index contributed by atoms with van der Waals surface area (Å²) in [7, 11) is -1.54. The zero-order chi connectivity index (χ0) is 25.6. The number of nitrogens with zero attached hydrogens (tertiary/aromatic N) is 3. The van der Waals surface area contributed by atoms with Crippen molar-refractivity contribution in [2.75, 3.05) is 52.6 Å². The molecule has 3 saturated heterocycles. The molecule has 0 aromatic carbocycles. The van der Waals surface area contributed by atoms with E-state index < -0.39 is 7.05 Å². The van der Waals surface area contributed by atoms with Gasteiger partial charge in [-0.2, -0.15) is 0 Å². The van der Waals surface area contributed by atoms with Gasteiger partial charge in [-0.3, -0.25) is 30.5 Å². The molecule has 9 heteroatoms. The van der Waals surface area contributed by atoms with Crippen LogP contribution >= 0.6 is 7.05 Å². The quantitative estimate of drug-likeness (QED) is 0.421. The van der Waals surface area contributed by atoms with Crippen LogP contribution in [0.2, 0.25) is 0 Å². The highest BCUT2D eigenvalue weighted by Crippen LogP contribution is 2.70. The minimum Gasteiger partial charge on any atom is -0.379 e. The van der Waals surface area contributed by atoms with E-state index in [0.29, 0.717) is 0 Å². The second kappa shape index (κ2) is 13.7. The van der Waals surface area contributed by atoms with Crippen LogP contribution in [0.5, 0.6) is 0 Å². The summed E-state index contributed by atoms with van der Waals surface area (Å²) in [5.41, 5.74) is 2.60. The average molecular weight is 551 g/mol. The van der Waals surface area contributed by atoms with Crippen molar-refractivity contribution < 1.29 is 9.47 Å². The van der Waals surface area contributed by atoms with Crippen molar-refractivity contribution in [3.05, 3.63) is 0 Å². The Morgan fingerprint density at radius 1 is 0.500 bits per heavy atom. The minimum atomic E-state index is -1.54. The van der Waals surface area contributed by atoms with E-state index in [9.17, 15) is 0 Å². The fourth-order valence-electron chi connectivity index (χ4n) is 8.61. The number of rotatable bonds is 6. The van der Waals surface area contributed by atoms with Gasteiger partial charge in [0.2, 0.25) is 0 Å². The third-order valence-corrected chi connectivity index (χ3v) is 16.3. The molecule has 218 valence electrons. The highest BCUT2D eigenvalue weighted by Gasteiger charge is 2.46. The predicted octanol–water partition coefficient (Wildman–Crippen LogP) is 4.48. The lowest BCUT2D eigenvalue weighted by molar-refractivity contribution is -0.0629. The van der Waals surface area contributed by atoms with Crippen LogP contribution in [0.1, 0.15) is 96.3 Å². The predicted molar refractivity (Wildman–Crippen MR) is 156 cm³/mol. The average Bonchev–Trinajstić information content (AvgIpc) is 3.02. The van der Waals surface area contributed by atoms with Crippen LogP contribution in [-0.2, 0) is 9.47 Å². The molecule has 0 spiro atoms. The van der Waals surface area contributed by atoms with Crippen molar-refractivity contribution in [1.82, 2.24) is 25.8 Å². The standard InChI is InChI=1S/C29H55N6O2P/c1-4-10-24(11-5-1)38(25-12-6-2-7-13-25,26-14-8-3-9-15-26)33-27-30-28(34-16-20-36-21-17-34)32-29(31-27)35-18-22-37-23-19-35/h24-32H,1-23H2. The molecule has 6 aliphatic rings. The van der Waals surface area contributed by atoms with E-state index in [4.69, 9.17) is 14.2 Å². The van der Waals surface area contributed by atoms with Gasteiger partial charge >= 0.3 is 0 Å². The van der Waals surface area contributed by atoms with E-state index >= 15 is 0 Å². The molecule has 6 rings (SSSR count). The van der Waals surface area contributed by atoms with Gasteiger partial charge in [-0.25, -0.2) is 0 Å². The van der Waals surface area contributed by atoms with E-state index in [-0.39, 0.29) is 18.9 Å². The Kier molecular flexibility index (Phi) is 10.2. The van der Waals surface area contributed by atoms with E-state index in [1.165, 1.54) is 96.3 Å². The second-order valence-electron chi connectivity index (χ2n) is 12.8. The lowest BCUT2D eigenvalue weighted by Gasteiger charge is -2.51. The SMILES string of the molecule is C1CCC(P(=NC2NC(N3CCOCC3)NC(N3CCOCC3)N2)(C2CCCCC2)C2CCCCC2)CC1. The van der Waals surface area contributed by atoms with Gasteiger partial charge in [0, 0.05) is 26.2 Å². The lowest BCUT2D eigenvalue weighted by Crippen LogP contribution is -2.76. The summed E-state index contributed by atoms with van der Waals surface area (Å²) in [6.45, 7) is 7.17. The number of morpholine rings is 2. The summed E-state index contributed by atoms with van der Waals surface area (Å²) >= 11 is 0. The molecule has 2 atom stereocenters. The Labute approximate surface area is 231 Å². The molecule has 38 heavy (non-hydrogen) atoms. The van der Waals surface area contributed by atoms with Gasteiger partial charge in [0.25, 0.3) is 0 Å². The van der Waals surface area contributed by atoms with Crippen LogP contribution in [-0.4, -0.2) is 98.3 Å². The van der Waals surface area contributed by atoms with E-state index in [1.54, 1.807) is 0 Å². The van der Waals surface area contributed by atoms with E-state index in [0.717, 1.165) is 69.6 Å². The monoisotopic (exact) mass is 550 g/mol. The Hall–Kier alpha value is -0.0500. The first-order valence-electron chi connectivity index (χ1n) is 16.4. The molecule has 8 nitrogen and oxygen atoms in total. The van der Waals surface area contributed by atoms with Gasteiger partial charge in [-0.15, -0.1) is 0 Å². The second-order valence-corrected chi connectivity index (χ2v) is 16.8. The molecule has 2 unspecified atom stereocenters. The topological polar surface area (TPSA) is 73.4 Å². The number of nitrogens with one attached hydrogen (secondary N) is 3. The third-order valence-electron chi connectivity index (χ3n) is 10.6. The van der Waals surface area contributed by atoms with Gasteiger partial charge in [0.1, 0.15) is 12.6 Å². The maximum atomic E-state index is 6.26. The van der Waals surface area contributed by atoms with Crippen LogP contribution < -0.4 is 16.0 Å². The van der Waals surface area contributed by atoms with Gasteiger partial charge in [0.15, 0.2) is 6.29 Å². The summed E-state index contributed by atoms with van der Waals surface area (Å²) in [4.78, 5) is 5.09. The summed E-state index contributed by atoms with van der Waals surface area (Å²) < 4.78 is 17.7. The fourth-order valence-corrected chi connectivity index (χ4v) is 15.1. The van der Waals surface area contributed by atoms with Gasteiger partial charge in [0.05, 0.1) is 26.4 Å². The summed E-state index contributed by atoms with van der Waals surface area (Å²) in [6, 6.07) is 0. The first-order valence-corrected chi connectivity index (χ1v) is 18.3. The molecular weight excluding hydrogens is 495 g/mol. The number of ether oxygens (including phenoxy) is 2. The van der Waals surface area contributed by atoms with Crippen molar-refractivity contribution in [3.8, 4) is 0 Å². The maximum absolute atomic E-state index is 6.26. The zero-order valence-corrected chi connectivity index (χ0v) is 24.7. The first kappa shape index (κ1) is 28.1. The normalized spacial score (nSPS) is 34.8. The maximum Gasteiger partial charge on any atom is 0.156 e. The van der Waals surface area contributed by atoms with E-state index in [2.05, 4.69) is 25.8 Å². The molecule has 0 bridgehead atoms. The van der Waals surface area contributed by atoms with Crippen molar-refractivity contribution >= 4 is 7.05 Å². The third kappa shape index (κ3) is 6.38. The molecule has 3 saturated carbocycles. The van der Waals surface area contributed by atoms with Crippen molar-refractivity contribution in [2.24, 2.45) is 4.74 Å². The highest BCUT2D eigenvalue weighted by atomic mass is 31.2. The molecule has 3 aliphatic carbocycles. The van der Waals surface area contributed by atoms with Gasteiger partial charge in [-0.1, -0.05) is 57.8 Å². The zero-order valence-electron chi connectivity index (χ0n) is 23.8. The molecule has 0 radical (unpaired) electrons.